The summed E-state index contributed by atoms with van der Waals surface area (Å²) in [5, 5.41) is 23.3. The zero-order valence-electron chi connectivity index (χ0n) is 19.6. The van der Waals surface area contributed by atoms with Crippen molar-refractivity contribution in [1.82, 2.24) is 4.90 Å². The van der Waals surface area contributed by atoms with Crippen LogP contribution in [-0.4, -0.2) is 59.9 Å². The molecule has 13 nitrogen and oxygen atoms in total. The van der Waals surface area contributed by atoms with E-state index >= 15 is 0 Å². The lowest BCUT2D eigenvalue weighted by atomic mass is 10.1. The molecule has 0 saturated heterocycles. The largest absolute Gasteiger partial charge is 0.469 e. The Morgan fingerprint density at radius 1 is 0.914 bits per heavy atom. The van der Waals surface area contributed by atoms with E-state index in [4.69, 9.17) is 4.74 Å². The average Bonchev–Trinajstić information content (AvgIpc) is 2.79. The van der Waals surface area contributed by atoms with Crippen LogP contribution in [0.4, 0.5) is 11.4 Å². The number of nitrogens with zero attached hydrogens (tertiary/aromatic N) is 3. The molecule has 1 atom stereocenters. The number of aryl methyl sites for hydroxylation is 2. The minimum atomic E-state index is -1.47. The topological polar surface area (TPSA) is 168 Å². The second-order valence-electron chi connectivity index (χ2n) is 7.51. The van der Waals surface area contributed by atoms with E-state index in [2.05, 4.69) is 9.47 Å². The fourth-order valence-electron chi connectivity index (χ4n) is 3.31. The van der Waals surface area contributed by atoms with Crippen LogP contribution in [0.25, 0.3) is 0 Å². The highest BCUT2D eigenvalue weighted by molar-refractivity contribution is 6.01. The Labute approximate surface area is 199 Å². The van der Waals surface area contributed by atoms with Crippen molar-refractivity contribution in [1.29, 1.82) is 0 Å². The summed E-state index contributed by atoms with van der Waals surface area (Å²) in [5.74, 6) is -3.09. The summed E-state index contributed by atoms with van der Waals surface area (Å²) >= 11 is 0. The summed E-state index contributed by atoms with van der Waals surface area (Å²) in [4.78, 5) is 59.4. The van der Waals surface area contributed by atoms with Crippen LogP contribution in [0.3, 0.4) is 0 Å². The molecule has 0 spiro atoms. The first-order valence-corrected chi connectivity index (χ1v) is 10.0. The number of likely N-dealkylation sites (N-methyl/N-ethyl adjacent to an activating group) is 1. The van der Waals surface area contributed by atoms with Crippen LogP contribution in [0.5, 0.6) is 11.5 Å². The normalized spacial score (nSPS) is 11.2. The minimum absolute atomic E-state index is 0.212. The van der Waals surface area contributed by atoms with Gasteiger partial charge in [0.05, 0.1) is 36.6 Å². The highest BCUT2D eigenvalue weighted by atomic mass is 16.6. The third kappa shape index (κ3) is 6.28. The lowest BCUT2D eigenvalue weighted by Gasteiger charge is -2.25. The van der Waals surface area contributed by atoms with Crippen molar-refractivity contribution >= 4 is 29.2 Å². The number of ether oxygens (including phenoxy) is 3. The molecule has 0 aliphatic heterocycles. The number of rotatable bonds is 9. The molecule has 0 saturated carbocycles. The van der Waals surface area contributed by atoms with Gasteiger partial charge in [-0.15, -0.1) is 0 Å². The summed E-state index contributed by atoms with van der Waals surface area (Å²) in [5.41, 5.74) is -0.632. The first-order valence-electron chi connectivity index (χ1n) is 10.0. The number of esters is 2. The van der Waals surface area contributed by atoms with Gasteiger partial charge in [0.15, 0.2) is 0 Å². The Morgan fingerprint density at radius 3 is 1.97 bits per heavy atom. The molecule has 1 amide bonds. The molecular formula is C22H23N3O10. The molecule has 2 rings (SSSR count). The van der Waals surface area contributed by atoms with E-state index in [0.717, 1.165) is 43.4 Å². The van der Waals surface area contributed by atoms with Crippen LogP contribution in [0.15, 0.2) is 30.3 Å². The van der Waals surface area contributed by atoms with Crippen molar-refractivity contribution in [3.8, 4) is 11.5 Å². The van der Waals surface area contributed by atoms with Gasteiger partial charge in [0.1, 0.15) is 17.4 Å². The van der Waals surface area contributed by atoms with Gasteiger partial charge in [-0.25, -0.2) is 4.79 Å². The number of carbonyl (C=O) groups is 3. The Hall–Kier alpha value is -4.55. The predicted octanol–water partition coefficient (Wildman–Crippen LogP) is 3.09. The number of nitro groups is 2. The summed E-state index contributed by atoms with van der Waals surface area (Å²) in [6.45, 7) is 3.56. The molecule has 186 valence electrons. The van der Waals surface area contributed by atoms with E-state index in [-0.39, 0.29) is 5.75 Å². The van der Waals surface area contributed by atoms with Gasteiger partial charge in [-0.3, -0.25) is 29.8 Å². The fraction of sp³-hybridized carbons (Fsp3) is 0.318. The van der Waals surface area contributed by atoms with E-state index in [1.807, 2.05) is 6.07 Å². The maximum absolute atomic E-state index is 13.2. The number of hydrogen-bond donors (Lipinski definition) is 0. The lowest BCUT2D eigenvalue weighted by molar-refractivity contribution is -0.394. The third-order valence-electron chi connectivity index (χ3n) is 4.97. The standard InChI is InChI=1S/C22H23N3O10/c1-12-6-13(2)8-14(7-12)35-19-9-15(16(24(29)30)10-17(19)25(31)32)21(27)23(3)18(22(28)34-5)11-20(26)33-4/h6-10,18H,11H2,1-5H3. The van der Waals surface area contributed by atoms with Crippen LogP contribution in [0, 0.1) is 34.1 Å². The Morgan fingerprint density at radius 2 is 1.49 bits per heavy atom. The second-order valence-corrected chi connectivity index (χ2v) is 7.51. The Bertz CT molecular complexity index is 1170. The summed E-state index contributed by atoms with van der Waals surface area (Å²) in [7, 11) is 3.24. The first-order chi connectivity index (χ1) is 16.4. The maximum Gasteiger partial charge on any atom is 0.329 e. The van der Waals surface area contributed by atoms with Gasteiger partial charge < -0.3 is 19.1 Å². The smallest absolute Gasteiger partial charge is 0.329 e. The SMILES string of the molecule is COC(=O)CC(C(=O)OC)N(C)C(=O)c1cc(Oc2cc(C)cc(C)c2)c([N+](=O)[O-])cc1[N+](=O)[O-]. The van der Waals surface area contributed by atoms with Gasteiger partial charge in [-0.2, -0.15) is 0 Å². The van der Waals surface area contributed by atoms with E-state index in [1.54, 1.807) is 26.0 Å². The van der Waals surface area contributed by atoms with Gasteiger partial charge in [-0.05, 0) is 37.1 Å². The van der Waals surface area contributed by atoms with Crippen molar-refractivity contribution < 1.29 is 38.4 Å². The highest BCUT2D eigenvalue weighted by Crippen LogP contribution is 2.38. The van der Waals surface area contributed by atoms with Crippen LogP contribution in [-0.2, 0) is 19.1 Å². The summed E-state index contributed by atoms with van der Waals surface area (Å²) in [6, 6.07) is 5.02. The molecule has 0 N–H and O–H groups in total. The Balaban J connectivity index is 2.64. The molecule has 1 unspecified atom stereocenters. The molecular weight excluding hydrogens is 466 g/mol. The Kier molecular flexibility index (Phi) is 8.43. The van der Waals surface area contributed by atoms with Crippen LogP contribution < -0.4 is 4.74 Å². The molecule has 0 bridgehead atoms. The van der Waals surface area contributed by atoms with Crippen molar-refractivity contribution in [2.45, 2.75) is 26.3 Å². The first kappa shape index (κ1) is 26.7. The van der Waals surface area contributed by atoms with Crippen molar-refractivity contribution in [3.05, 3.63) is 67.3 Å². The molecule has 0 aliphatic rings. The molecule has 13 heteroatoms. The number of carbonyl (C=O) groups excluding carboxylic acids is 3. The van der Waals surface area contributed by atoms with Gasteiger partial charge in [0.25, 0.3) is 11.6 Å². The molecule has 0 aromatic heterocycles. The zero-order valence-corrected chi connectivity index (χ0v) is 19.6. The van der Waals surface area contributed by atoms with E-state index in [1.165, 1.54) is 0 Å². The fourth-order valence-corrected chi connectivity index (χ4v) is 3.31. The van der Waals surface area contributed by atoms with Gasteiger partial charge in [0, 0.05) is 13.1 Å². The van der Waals surface area contributed by atoms with Crippen LogP contribution in [0.1, 0.15) is 27.9 Å². The molecule has 0 radical (unpaired) electrons. The highest BCUT2D eigenvalue weighted by Gasteiger charge is 2.36. The zero-order chi connectivity index (χ0) is 26.4. The number of hydrogen-bond acceptors (Lipinski definition) is 10. The van der Waals surface area contributed by atoms with Gasteiger partial charge in [-0.1, -0.05) is 6.07 Å². The second kappa shape index (κ2) is 11.0. The van der Waals surface area contributed by atoms with Crippen molar-refractivity contribution in [3.63, 3.8) is 0 Å². The van der Waals surface area contributed by atoms with Crippen LogP contribution >= 0.6 is 0 Å². The minimum Gasteiger partial charge on any atom is -0.469 e. The van der Waals surface area contributed by atoms with Crippen molar-refractivity contribution in [2.24, 2.45) is 0 Å². The number of amides is 1. The predicted molar refractivity (Wildman–Crippen MR) is 120 cm³/mol. The third-order valence-corrected chi connectivity index (χ3v) is 4.97. The number of methoxy groups -OCH3 is 2. The summed E-state index contributed by atoms with van der Waals surface area (Å²) < 4.78 is 14.8. The molecule has 0 aliphatic carbocycles. The van der Waals surface area contributed by atoms with Crippen LogP contribution in [0.2, 0.25) is 0 Å². The molecule has 0 heterocycles. The average molecular weight is 489 g/mol. The monoisotopic (exact) mass is 489 g/mol. The maximum atomic E-state index is 13.2. The quantitative estimate of drug-likeness (QED) is 0.290. The summed E-state index contributed by atoms with van der Waals surface area (Å²) in [6.07, 6.45) is -0.585. The molecule has 0 fully saturated rings. The van der Waals surface area contributed by atoms with Gasteiger partial charge in [0.2, 0.25) is 5.75 Å². The number of nitro benzene ring substituents is 2. The van der Waals surface area contributed by atoms with Gasteiger partial charge >= 0.3 is 17.6 Å². The van der Waals surface area contributed by atoms with E-state index in [0.29, 0.717) is 6.07 Å². The lowest BCUT2D eigenvalue weighted by Crippen LogP contribution is -2.44. The van der Waals surface area contributed by atoms with E-state index < -0.39 is 62.8 Å². The molecule has 2 aromatic carbocycles. The van der Waals surface area contributed by atoms with E-state index in [9.17, 15) is 34.6 Å². The number of benzene rings is 2. The molecule has 35 heavy (non-hydrogen) atoms. The van der Waals surface area contributed by atoms with Crippen molar-refractivity contribution in [2.75, 3.05) is 21.3 Å². The molecule has 2 aromatic rings.